The van der Waals surface area contributed by atoms with Crippen molar-refractivity contribution in [3.05, 3.63) is 33.9 Å². The highest BCUT2D eigenvalue weighted by Gasteiger charge is 2.20. The Balaban J connectivity index is 2.15. The number of rotatable bonds is 4. The minimum atomic E-state index is -0.551. The summed E-state index contributed by atoms with van der Waals surface area (Å²) in [6.45, 7) is 0. The number of hydrogen-bond acceptors (Lipinski definition) is 6. The van der Waals surface area contributed by atoms with Gasteiger partial charge in [-0.15, -0.1) is 0 Å². The van der Waals surface area contributed by atoms with Gasteiger partial charge in [0.05, 0.1) is 4.92 Å². The maximum Gasteiger partial charge on any atom is 0.293 e. The average molecular weight is 282 g/mol. The Morgan fingerprint density at radius 3 is 2.89 bits per heavy atom. The van der Waals surface area contributed by atoms with Crippen molar-refractivity contribution in [1.29, 1.82) is 0 Å². The molecule has 0 aromatic heterocycles. The molecule has 1 heterocycles. The van der Waals surface area contributed by atoms with Gasteiger partial charge in [0.15, 0.2) is 0 Å². The van der Waals surface area contributed by atoms with Crippen LogP contribution in [0.1, 0.15) is 16.8 Å². The number of thioether (sulfide) groups is 1. The van der Waals surface area contributed by atoms with Gasteiger partial charge in [-0.25, -0.2) is 0 Å². The van der Waals surface area contributed by atoms with Crippen molar-refractivity contribution in [1.82, 2.24) is 5.32 Å². The fourth-order valence-corrected chi connectivity index (χ4v) is 3.02. The van der Waals surface area contributed by atoms with E-state index in [0.717, 1.165) is 17.9 Å². The van der Waals surface area contributed by atoms with Crippen LogP contribution >= 0.6 is 11.8 Å². The zero-order valence-electron chi connectivity index (χ0n) is 10.1. The SMILES string of the molecule is NNc1cc(C(=O)NC2CCSC2)ccc1[N+](=O)[O-]. The highest BCUT2D eigenvalue weighted by atomic mass is 32.2. The fourth-order valence-electron chi connectivity index (χ4n) is 1.87. The summed E-state index contributed by atoms with van der Waals surface area (Å²) in [7, 11) is 0. The van der Waals surface area contributed by atoms with Gasteiger partial charge in [-0.05, 0) is 24.3 Å². The van der Waals surface area contributed by atoms with Crippen molar-refractivity contribution in [3.8, 4) is 0 Å². The van der Waals surface area contributed by atoms with Crippen LogP contribution in [0.3, 0.4) is 0 Å². The second kappa shape index (κ2) is 5.89. The number of nitrogens with one attached hydrogen (secondary N) is 2. The average Bonchev–Trinajstić information content (AvgIpc) is 2.90. The summed E-state index contributed by atoms with van der Waals surface area (Å²) in [4.78, 5) is 22.2. The lowest BCUT2D eigenvalue weighted by Crippen LogP contribution is -2.34. The summed E-state index contributed by atoms with van der Waals surface area (Å²) in [6, 6.07) is 4.25. The predicted octanol–water partition coefficient (Wildman–Crippen LogP) is 1.12. The Kier molecular flexibility index (Phi) is 4.23. The number of hydrazine groups is 1. The molecule has 102 valence electrons. The second-order valence-corrected chi connectivity index (χ2v) is 5.32. The molecule has 0 saturated carbocycles. The van der Waals surface area contributed by atoms with E-state index in [4.69, 9.17) is 5.84 Å². The largest absolute Gasteiger partial charge is 0.348 e. The molecule has 0 aliphatic carbocycles. The van der Waals surface area contributed by atoms with Gasteiger partial charge in [0, 0.05) is 23.4 Å². The molecule has 19 heavy (non-hydrogen) atoms. The summed E-state index contributed by atoms with van der Waals surface area (Å²) in [5, 5.41) is 13.6. The first kappa shape index (κ1) is 13.6. The first-order chi connectivity index (χ1) is 9.11. The molecule has 1 fully saturated rings. The van der Waals surface area contributed by atoms with E-state index in [1.54, 1.807) is 11.8 Å². The van der Waals surface area contributed by atoms with Crippen LogP contribution in [0.15, 0.2) is 18.2 Å². The molecule has 2 rings (SSSR count). The first-order valence-corrected chi connectivity index (χ1v) is 6.91. The molecule has 1 unspecified atom stereocenters. The van der Waals surface area contributed by atoms with Gasteiger partial charge in [-0.2, -0.15) is 11.8 Å². The summed E-state index contributed by atoms with van der Waals surface area (Å²) >= 11 is 1.80. The molecule has 1 saturated heterocycles. The van der Waals surface area contributed by atoms with Crippen LogP contribution in [0.25, 0.3) is 0 Å². The molecule has 1 atom stereocenters. The standard InChI is InChI=1S/C11H14N4O3S/c12-14-9-5-7(1-2-10(9)15(17)18)11(16)13-8-3-4-19-6-8/h1-2,5,8,14H,3-4,6,12H2,(H,13,16). The van der Waals surface area contributed by atoms with Crippen LogP contribution in [0.2, 0.25) is 0 Å². The van der Waals surface area contributed by atoms with E-state index in [1.807, 2.05) is 0 Å². The number of nitro benzene ring substituents is 1. The zero-order chi connectivity index (χ0) is 13.8. The zero-order valence-corrected chi connectivity index (χ0v) is 10.9. The summed E-state index contributed by atoms with van der Waals surface area (Å²) < 4.78 is 0. The molecule has 1 aromatic rings. The van der Waals surface area contributed by atoms with E-state index in [2.05, 4.69) is 10.7 Å². The quantitative estimate of drug-likeness (QED) is 0.433. The van der Waals surface area contributed by atoms with Crippen molar-refractivity contribution in [2.75, 3.05) is 16.9 Å². The van der Waals surface area contributed by atoms with Crippen LogP contribution in [0.5, 0.6) is 0 Å². The Labute approximate surface area is 114 Å². The molecule has 0 bridgehead atoms. The van der Waals surface area contributed by atoms with Gasteiger partial charge < -0.3 is 10.7 Å². The number of benzene rings is 1. The molecule has 0 spiro atoms. The normalized spacial score (nSPS) is 18.1. The summed E-state index contributed by atoms with van der Waals surface area (Å²) in [6.07, 6.45) is 0.950. The number of nitrogen functional groups attached to an aromatic ring is 1. The smallest absolute Gasteiger partial charge is 0.293 e. The van der Waals surface area contributed by atoms with Crippen molar-refractivity contribution in [3.63, 3.8) is 0 Å². The Bertz CT molecular complexity index is 503. The van der Waals surface area contributed by atoms with Crippen LogP contribution < -0.4 is 16.6 Å². The molecular weight excluding hydrogens is 268 g/mol. The van der Waals surface area contributed by atoms with Crippen LogP contribution in [-0.2, 0) is 0 Å². The molecule has 8 heteroatoms. The lowest BCUT2D eigenvalue weighted by atomic mass is 10.1. The van der Waals surface area contributed by atoms with Crippen LogP contribution in [-0.4, -0.2) is 28.4 Å². The highest BCUT2D eigenvalue weighted by Crippen LogP contribution is 2.25. The minimum absolute atomic E-state index is 0.124. The van der Waals surface area contributed by atoms with E-state index in [0.29, 0.717) is 5.56 Å². The summed E-state index contributed by atoms with van der Waals surface area (Å²) in [5.41, 5.74) is 2.56. The number of nitrogens with zero attached hydrogens (tertiary/aromatic N) is 1. The van der Waals surface area contributed by atoms with Gasteiger partial charge in [-0.1, -0.05) is 0 Å². The molecule has 1 amide bonds. The van der Waals surface area contributed by atoms with E-state index >= 15 is 0 Å². The van der Waals surface area contributed by atoms with Gasteiger partial charge in [0.2, 0.25) is 0 Å². The monoisotopic (exact) mass is 282 g/mol. The van der Waals surface area contributed by atoms with Gasteiger partial charge in [0.25, 0.3) is 11.6 Å². The van der Waals surface area contributed by atoms with E-state index in [9.17, 15) is 14.9 Å². The first-order valence-electron chi connectivity index (χ1n) is 5.75. The molecule has 1 aliphatic heterocycles. The van der Waals surface area contributed by atoms with E-state index < -0.39 is 4.92 Å². The lowest BCUT2D eigenvalue weighted by Gasteiger charge is -2.12. The molecule has 0 radical (unpaired) electrons. The molecule has 7 nitrogen and oxygen atoms in total. The molecule has 1 aromatic carbocycles. The Morgan fingerprint density at radius 1 is 1.53 bits per heavy atom. The number of nitrogens with two attached hydrogens (primary N) is 1. The number of anilines is 1. The topological polar surface area (TPSA) is 110 Å². The lowest BCUT2D eigenvalue weighted by molar-refractivity contribution is -0.384. The second-order valence-electron chi connectivity index (χ2n) is 4.17. The van der Waals surface area contributed by atoms with Crippen molar-refractivity contribution in [2.45, 2.75) is 12.5 Å². The van der Waals surface area contributed by atoms with Crippen LogP contribution in [0, 0.1) is 10.1 Å². The van der Waals surface area contributed by atoms with Crippen molar-refractivity contribution in [2.24, 2.45) is 5.84 Å². The third-order valence-electron chi connectivity index (χ3n) is 2.88. The van der Waals surface area contributed by atoms with E-state index in [1.165, 1.54) is 18.2 Å². The number of carbonyl (C=O) groups excluding carboxylic acids is 1. The van der Waals surface area contributed by atoms with Gasteiger partial charge in [0.1, 0.15) is 5.69 Å². The van der Waals surface area contributed by atoms with E-state index in [-0.39, 0.29) is 23.3 Å². The third kappa shape index (κ3) is 3.15. The number of carbonyl (C=O) groups is 1. The summed E-state index contributed by atoms with van der Waals surface area (Å²) in [5.74, 6) is 6.94. The predicted molar refractivity (Wildman–Crippen MR) is 74.1 cm³/mol. The van der Waals surface area contributed by atoms with Gasteiger partial charge >= 0.3 is 0 Å². The number of amides is 1. The number of hydrogen-bond donors (Lipinski definition) is 3. The maximum absolute atomic E-state index is 12.0. The van der Waals surface area contributed by atoms with Crippen LogP contribution in [0.4, 0.5) is 11.4 Å². The Morgan fingerprint density at radius 2 is 2.32 bits per heavy atom. The maximum atomic E-state index is 12.0. The van der Waals surface area contributed by atoms with Crippen molar-refractivity contribution < 1.29 is 9.72 Å². The van der Waals surface area contributed by atoms with Gasteiger partial charge in [-0.3, -0.25) is 20.8 Å². The minimum Gasteiger partial charge on any atom is -0.348 e. The molecular formula is C11H14N4O3S. The number of nitro groups is 1. The highest BCUT2D eigenvalue weighted by molar-refractivity contribution is 7.99. The fraction of sp³-hybridized carbons (Fsp3) is 0.364. The molecule has 4 N–H and O–H groups in total. The molecule has 1 aliphatic rings. The van der Waals surface area contributed by atoms with Crippen molar-refractivity contribution >= 4 is 29.0 Å². The Hall–Kier alpha value is -1.80. The third-order valence-corrected chi connectivity index (χ3v) is 4.04.